The first-order chi connectivity index (χ1) is 13.9. The third-order valence-corrected chi connectivity index (χ3v) is 3.75. The normalized spacial score (nSPS) is 10.0. The smallest absolute Gasteiger partial charge is 0.338 e. The summed E-state index contributed by atoms with van der Waals surface area (Å²) in [5.41, 5.74) is 1.51. The topological polar surface area (TPSA) is 103 Å². The maximum atomic E-state index is 12.0. The van der Waals surface area contributed by atoms with E-state index in [1.165, 1.54) is 0 Å². The number of hydrogen-bond donors (Lipinski definition) is 2. The number of esters is 1. The highest BCUT2D eigenvalue weighted by atomic mass is 16.5. The molecule has 0 aliphatic heterocycles. The van der Waals surface area contributed by atoms with Gasteiger partial charge in [-0.15, -0.1) is 0 Å². The summed E-state index contributed by atoms with van der Waals surface area (Å²) in [5, 5.41) is 4.63. The SMILES string of the molecule is CCOc1ccc(NC(=O)NC(=O)COC(=O)c2ccccc2C)cc1OCC. The number of carbonyl (C=O) groups is 3. The molecule has 0 atom stereocenters. The maximum Gasteiger partial charge on any atom is 0.338 e. The van der Waals surface area contributed by atoms with Crippen LogP contribution in [0.3, 0.4) is 0 Å². The van der Waals surface area contributed by atoms with E-state index in [9.17, 15) is 14.4 Å². The molecule has 0 unspecified atom stereocenters. The molecular formula is C21H24N2O6. The highest BCUT2D eigenvalue weighted by Gasteiger charge is 2.14. The molecule has 8 nitrogen and oxygen atoms in total. The predicted octanol–water partition coefficient (Wildman–Crippen LogP) is 3.30. The molecule has 154 valence electrons. The van der Waals surface area contributed by atoms with E-state index in [4.69, 9.17) is 14.2 Å². The van der Waals surface area contributed by atoms with Crippen LogP contribution in [0.5, 0.6) is 11.5 Å². The third-order valence-electron chi connectivity index (χ3n) is 3.75. The lowest BCUT2D eigenvalue weighted by molar-refractivity contribution is -0.123. The molecule has 0 aliphatic carbocycles. The van der Waals surface area contributed by atoms with E-state index < -0.39 is 24.5 Å². The second-order valence-corrected chi connectivity index (χ2v) is 5.92. The number of rotatable bonds is 8. The Bertz CT molecular complexity index is 881. The Kier molecular flexibility index (Phi) is 8.02. The maximum absolute atomic E-state index is 12.0. The number of amides is 3. The van der Waals surface area contributed by atoms with Crippen LogP contribution in [0, 0.1) is 6.92 Å². The fourth-order valence-corrected chi connectivity index (χ4v) is 2.46. The summed E-state index contributed by atoms with van der Waals surface area (Å²) < 4.78 is 15.9. The number of carbonyl (C=O) groups excluding carboxylic acids is 3. The summed E-state index contributed by atoms with van der Waals surface area (Å²) in [6.07, 6.45) is 0. The van der Waals surface area contributed by atoms with Crippen molar-refractivity contribution in [2.24, 2.45) is 0 Å². The molecule has 3 amide bonds. The van der Waals surface area contributed by atoms with Gasteiger partial charge in [-0.3, -0.25) is 10.1 Å². The fraction of sp³-hybridized carbons (Fsp3) is 0.286. The van der Waals surface area contributed by atoms with Crippen LogP contribution in [0.15, 0.2) is 42.5 Å². The van der Waals surface area contributed by atoms with E-state index >= 15 is 0 Å². The minimum atomic E-state index is -0.756. The number of benzene rings is 2. The van der Waals surface area contributed by atoms with Crippen molar-refractivity contribution in [3.8, 4) is 11.5 Å². The minimum absolute atomic E-state index is 0.364. The van der Waals surface area contributed by atoms with Crippen LogP contribution in [0.25, 0.3) is 0 Å². The van der Waals surface area contributed by atoms with Gasteiger partial charge in [-0.2, -0.15) is 0 Å². The lowest BCUT2D eigenvalue weighted by Gasteiger charge is -2.13. The Morgan fingerprint density at radius 1 is 0.931 bits per heavy atom. The van der Waals surface area contributed by atoms with Gasteiger partial charge in [0.2, 0.25) is 0 Å². The zero-order chi connectivity index (χ0) is 21.2. The minimum Gasteiger partial charge on any atom is -0.490 e. The largest absolute Gasteiger partial charge is 0.490 e. The van der Waals surface area contributed by atoms with Gasteiger partial charge in [-0.25, -0.2) is 9.59 Å². The van der Waals surface area contributed by atoms with Crippen molar-refractivity contribution in [3.05, 3.63) is 53.6 Å². The lowest BCUT2D eigenvalue weighted by atomic mass is 10.1. The number of nitrogens with one attached hydrogen (secondary N) is 2. The van der Waals surface area contributed by atoms with Crippen LogP contribution in [-0.2, 0) is 9.53 Å². The number of ether oxygens (including phenoxy) is 3. The quantitative estimate of drug-likeness (QED) is 0.659. The van der Waals surface area contributed by atoms with Crippen molar-refractivity contribution in [1.29, 1.82) is 0 Å². The Morgan fingerprint density at radius 2 is 1.62 bits per heavy atom. The average Bonchev–Trinajstić information content (AvgIpc) is 2.68. The molecule has 8 heteroatoms. The van der Waals surface area contributed by atoms with E-state index in [0.29, 0.717) is 36.0 Å². The molecule has 0 saturated carbocycles. The number of aryl methyl sites for hydroxylation is 1. The van der Waals surface area contributed by atoms with Crippen LogP contribution in [-0.4, -0.2) is 37.7 Å². The van der Waals surface area contributed by atoms with Crippen LogP contribution >= 0.6 is 0 Å². The molecule has 2 rings (SSSR count). The Labute approximate surface area is 169 Å². The van der Waals surface area contributed by atoms with Gasteiger partial charge < -0.3 is 19.5 Å². The van der Waals surface area contributed by atoms with Crippen LogP contribution < -0.4 is 20.1 Å². The molecule has 0 saturated heterocycles. The second kappa shape index (κ2) is 10.7. The molecule has 0 spiro atoms. The fourth-order valence-electron chi connectivity index (χ4n) is 2.46. The van der Waals surface area contributed by atoms with Gasteiger partial charge in [-0.1, -0.05) is 18.2 Å². The summed E-state index contributed by atoms with van der Waals surface area (Å²) in [6.45, 7) is 5.78. The molecule has 2 N–H and O–H groups in total. The lowest BCUT2D eigenvalue weighted by Crippen LogP contribution is -2.37. The first-order valence-corrected chi connectivity index (χ1v) is 9.17. The highest BCUT2D eigenvalue weighted by Crippen LogP contribution is 2.30. The van der Waals surface area contributed by atoms with Crippen LogP contribution in [0.2, 0.25) is 0 Å². The molecule has 0 heterocycles. The first kappa shape index (κ1) is 21.7. The molecule has 0 aliphatic rings. The number of anilines is 1. The average molecular weight is 400 g/mol. The van der Waals surface area contributed by atoms with Crippen molar-refractivity contribution in [2.45, 2.75) is 20.8 Å². The van der Waals surface area contributed by atoms with Crippen molar-refractivity contribution in [1.82, 2.24) is 5.32 Å². The second-order valence-electron chi connectivity index (χ2n) is 5.92. The van der Waals surface area contributed by atoms with E-state index in [1.807, 2.05) is 13.8 Å². The van der Waals surface area contributed by atoms with Crippen LogP contribution in [0.1, 0.15) is 29.8 Å². The van der Waals surface area contributed by atoms with Gasteiger partial charge in [-0.05, 0) is 44.5 Å². The molecule has 0 aromatic heterocycles. The zero-order valence-electron chi connectivity index (χ0n) is 16.6. The zero-order valence-corrected chi connectivity index (χ0v) is 16.6. The Balaban J connectivity index is 1.88. The number of hydrogen-bond acceptors (Lipinski definition) is 6. The van der Waals surface area contributed by atoms with Crippen LogP contribution in [0.4, 0.5) is 10.5 Å². The molecule has 0 radical (unpaired) electrons. The van der Waals surface area contributed by atoms with Gasteiger partial charge in [0.1, 0.15) is 0 Å². The van der Waals surface area contributed by atoms with Gasteiger partial charge in [0.05, 0.1) is 18.8 Å². The van der Waals surface area contributed by atoms with Crippen molar-refractivity contribution in [3.63, 3.8) is 0 Å². The number of urea groups is 1. The molecule has 2 aromatic carbocycles. The summed E-state index contributed by atoms with van der Waals surface area (Å²) in [4.78, 5) is 35.9. The Morgan fingerprint density at radius 3 is 2.31 bits per heavy atom. The standard InChI is InChI=1S/C21H24N2O6/c1-4-27-17-11-10-15(12-18(17)28-5-2)22-21(26)23-19(24)13-29-20(25)16-9-7-6-8-14(16)3/h6-12H,4-5,13H2,1-3H3,(H2,22,23,24,26). The van der Waals surface area contributed by atoms with Gasteiger partial charge >= 0.3 is 12.0 Å². The number of imide groups is 1. The van der Waals surface area contributed by atoms with E-state index in [2.05, 4.69) is 10.6 Å². The summed E-state index contributed by atoms with van der Waals surface area (Å²) >= 11 is 0. The van der Waals surface area contributed by atoms with E-state index in [0.717, 1.165) is 5.56 Å². The van der Waals surface area contributed by atoms with E-state index in [1.54, 1.807) is 49.4 Å². The summed E-state index contributed by atoms with van der Waals surface area (Å²) in [5.74, 6) is -0.350. The van der Waals surface area contributed by atoms with Gasteiger partial charge in [0.15, 0.2) is 18.1 Å². The molecule has 0 fully saturated rings. The predicted molar refractivity (Wildman–Crippen MR) is 107 cm³/mol. The first-order valence-electron chi connectivity index (χ1n) is 9.17. The highest BCUT2D eigenvalue weighted by molar-refractivity contribution is 6.02. The molecule has 2 aromatic rings. The monoisotopic (exact) mass is 400 g/mol. The van der Waals surface area contributed by atoms with Gasteiger partial charge in [0, 0.05) is 11.8 Å². The van der Waals surface area contributed by atoms with Crippen molar-refractivity contribution in [2.75, 3.05) is 25.1 Å². The van der Waals surface area contributed by atoms with Gasteiger partial charge in [0.25, 0.3) is 5.91 Å². The van der Waals surface area contributed by atoms with Crippen molar-refractivity contribution >= 4 is 23.6 Å². The van der Waals surface area contributed by atoms with E-state index in [-0.39, 0.29) is 0 Å². The molecular weight excluding hydrogens is 376 g/mol. The summed E-state index contributed by atoms with van der Waals surface area (Å²) in [6, 6.07) is 11.0. The molecule has 29 heavy (non-hydrogen) atoms. The van der Waals surface area contributed by atoms with Crippen molar-refractivity contribution < 1.29 is 28.6 Å². The third kappa shape index (κ3) is 6.53. The summed E-state index contributed by atoms with van der Waals surface area (Å²) in [7, 11) is 0. The Hall–Kier alpha value is -3.55. The molecule has 0 bridgehead atoms.